The second-order valence-corrected chi connectivity index (χ2v) is 7.28. The molecule has 0 aliphatic rings. The molecule has 0 aliphatic heterocycles. The summed E-state index contributed by atoms with van der Waals surface area (Å²) >= 11 is 6.15. The third-order valence-corrected chi connectivity index (χ3v) is 5.09. The Morgan fingerprint density at radius 3 is 2.28 bits per heavy atom. The van der Waals surface area contributed by atoms with Crippen molar-refractivity contribution in [3.05, 3.63) is 82.7 Å². The number of rotatable bonds is 7. The van der Waals surface area contributed by atoms with Gasteiger partial charge in [0.1, 0.15) is 5.52 Å². The lowest BCUT2D eigenvalue weighted by Crippen LogP contribution is -2.05. The van der Waals surface area contributed by atoms with Crippen LogP contribution in [0.4, 0.5) is 0 Å². The van der Waals surface area contributed by atoms with E-state index >= 15 is 0 Å². The van der Waals surface area contributed by atoms with E-state index in [0.29, 0.717) is 38.9 Å². The lowest BCUT2D eigenvalue weighted by Gasteiger charge is -2.14. The molecule has 6 nitrogen and oxygen atoms in total. The maximum atomic E-state index is 13.7. The van der Waals surface area contributed by atoms with Crippen LogP contribution in [0.15, 0.2) is 65.1 Å². The number of allylic oxidation sites excluding steroid dienone is 1. The van der Waals surface area contributed by atoms with E-state index in [0.717, 1.165) is 5.56 Å². The number of methoxy groups -OCH3 is 3. The van der Waals surface area contributed by atoms with Crippen molar-refractivity contribution in [3.8, 4) is 17.2 Å². The molecule has 0 spiro atoms. The summed E-state index contributed by atoms with van der Waals surface area (Å²) in [5, 5.41) is 0.552. The van der Waals surface area contributed by atoms with Gasteiger partial charge in [0.2, 0.25) is 11.6 Å². The highest BCUT2D eigenvalue weighted by Gasteiger charge is 2.24. The number of halogens is 1. The van der Waals surface area contributed by atoms with Gasteiger partial charge >= 0.3 is 0 Å². The van der Waals surface area contributed by atoms with E-state index in [1.807, 2.05) is 30.3 Å². The third-order valence-electron chi connectivity index (χ3n) is 4.86. The van der Waals surface area contributed by atoms with Gasteiger partial charge < -0.3 is 18.6 Å². The minimum atomic E-state index is -0.323. The van der Waals surface area contributed by atoms with Crippen LogP contribution < -0.4 is 14.2 Å². The van der Waals surface area contributed by atoms with Crippen molar-refractivity contribution in [2.75, 3.05) is 21.3 Å². The molecule has 0 atom stereocenters. The number of aromatic nitrogens is 1. The first-order valence-corrected chi connectivity index (χ1v) is 10.1. The SMILES string of the molecule is COc1cc(C(=O)C(=Cc2cccc(Cl)c2)c2nc3ccccc3o2)cc(OC)c1OC. The van der Waals surface area contributed by atoms with Gasteiger partial charge in [-0.2, -0.15) is 0 Å². The Morgan fingerprint density at radius 1 is 0.938 bits per heavy atom. The van der Waals surface area contributed by atoms with Gasteiger partial charge in [-0.1, -0.05) is 35.9 Å². The minimum Gasteiger partial charge on any atom is -0.493 e. The third kappa shape index (κ3) is 4.18. The first-order chi connectivity index (χ1) is 15.5. The molecule has 4 rings (SSSR count). The molecule has 0 aliphatic carbocycles. The van der Waals surface area contributed by atoms with Crippen LogP contribution in [0, 0.1) is 0 Å². The second-order valence-electron chi connectivity index (χ2n) is 6.84. The summed E-state index contributed by atoms with van der Waals surface area (Å²) in [6.07, 6.45) is 1.70. The summed E-state index contributed by atoms with van der Waals surface area (Å²) in [7, 11) is 4.49. The number of para-hydroxylation sites is 2. The van der Waals surface area contributed by atoms with Gasteiger partial charge in [-0.05, 0) is 48.0 Å². The number of nitrogens with zero attached hydrogens (tertiary/aromatic N) is 1. The standard InChI is InChI=1S/C25H20ClNO5/c1-29-21-13-16(14-22(30-2)24(21)31-3)23(28)18(12-15-7-6-8-17(26)11-15)25-27-19-9-4-5-10-20(19)32-25/h4-14H,1-3H3. The number of ether oxygens (including phenoxy) is 3. The Labute approximate surface area is 190 Å². The number of benzene rings is 3. The zero-order valence-electron chi connectivity index (χ0n) is 17.7. The predicted octanol–water partition coefficient (Wildman–Crippen LogP) is 5.93. The molecule has 7 heteroatoms. The van der Waals surface area contributed by atoms with E-state index < -0.39 is 0 Å². The number of fused-ring (bicyclic) bond motifs is 1. The number of hydrogen-bond donors (Lipinski definition) is 0. The number of ketones is 1. The first kappa shape index (κ1) is 21.5. The van der Waals surface area contributed by atoms with Crippen LogP contribution in [0.2, 0.25) is 5.02 Å². The van der Waals surface area contributed by atoms with Crippen molar-refractivity contribution in [2.24, 2.45) is 0 Å². The van der Waals surface area contributed by atoms with Crippen molar-refractivity contribution in [1.29, 1.82) is 0 Å². The van der Waals surface area contributed by atoms with Gasteiger partial charge in [0.25, 0.3) is 0 Å². The van der Waals surface area contributed by atoms with Crippen molar-refractivity contribution in [1.82, 2.24) is 4.98 Å². The van der Waals surface area contributed by atoms with Crippen LogP contribution >= 0.6 is 11.6 Å². The van der Waals surface area contributed by atoms with E-state index in [-0.39, 0.29) is 17.2 Å². The number of hydrogen-bond acceptors (Lipinski definition) is 6. The molecule has 1 heterocycles. The molecule has 0 unspecified atom stereocenters. The van der Waals surface area contributed by atoms with Crippen LogP contribution in [0.25, 0.3) is 22.7 Å². The van der Waals surface area contributed by atoms with E-state index in [2.05, 4.69) is 4.98 Å². The van der Waals surface area contributed by atoms with Crippen molar-refractivity contribution in [3.63, 3.8) is 0 Å². The van der Waals surface area contributed by atoms with Crippen LogP contribution in [0.3, 0.4) is 0 Å². The van der Waals surface area contributed by atoms with Crippen molar-refractivity contribution in [2.45, 2.75) is 0 Å². The number of oxazole rings is 1. The van der Waals surface area contributed by atoms with Crippen LogP contribution in [0.5, 0.6) is 17.2 Å². The average Bonchev–Trinajstić information content (AvgIpc) is 3.25. The quantitative estimate of drug-likeness (QED) is 0.257. The van der Waals surface area contributed by atoms with Gasteiger partial charge in [0.05, 0.1) is 26.9 Å². The smallest absolute Gasteiger partial charge is 0.231 e. The first-order valence-electron chi connectivity index (χ1n) is 9.72. The Hall–Kier alpha value is -3.77. The van der Waals surface area contributed by atoms with E-state index in [9.17, 15) is 4.79 Å². The number of carbonyl (C=O) groups is 1. The van der Waals surface area contributed by atoms with Gasteiger partial charge in [-0.25, -0.2) is 4.98 Å². The average molecular weight is 450 g/mol. The van der Waals surface area contributed by atoms with Crippen LogP contribution in [-0.2, 0) is 0 Å². The largest absolute Gasteiger partial charge is 0.493 e. The maximum Gasteiger partial charge on any atom is 0.231 e. The highest BCUT2D eigenvalue weighted by Crippen LogP contribution is 2.39. The van der Waals surface area contributed by atoms with Gasteiger partial charge in [0.15, 0.2) is 22.9 Å². The zero-order chi connectivity index (χ0) is 22.7. The molecular formula is C25H20ClNO5. The van der Waals surface area contributed by atoms with Crippen LogP contribution in [0.1, 0.15) is 21.8 Å². The molecule has 162 valence electrons. The maximum absolute atomic E-state index is 13.7. The summed E-state index contributed by atoms with van der Waals surface area (Å²) in [6, 6.07) is 17.7. The second kappa shape index (κ2) is 9.16. The Morgan fingerprint density at radius 2 is 1.66 bits per heavy atom. The summed E-state index contributed by atoms with van der Waals surface area (Å²) in [4.78, 5) is 18.2. The van der Waals surface area contributed by atoms with Gasteiger partial charge in [-0.15, -0.1) is 0 Å². The molecule has 0 bridgehead atoms. The Kier molecular flexibility index (Phi) is 6.14. The molecule has 3 aromatic carbocycles. The molecule has 0 fully saturated rings. The molecule has 0 amide bonds. The fourth-order valence-corrected chi connectivity index (χ4v) is 3.54. The number of carbonyl (C=O) groups excluding carboxylic acids is 1. The van der Waals surface area contributed by atoms with E-state index in [4.69, 9.17) is 30.2 Å². The summed E-state index contributed by atoms with van der Waals surface area (Å²) in [6.45, 7) is 0. The predicted molar refractivity (Wildman–Crippen MR) is 124 cm³/mol. The summed E-state index contributed by atoms with van der Waals surface area (Å²) in [5.74, 6) is 1.01. The van der Waals surface area contributed by atoms with E-state index in [1.54, 1.807) is 36.4 Å². The van der Waals surface area contributed by atoms with Gasteiger partial charge in [-0.3, -0.25) is 4.79 Å². The topological polar surface area (TPSA) is 70.8 Å². The lowest BCUT2D eigenvalue weighted by atomic mass is 10.00. The minimum absolute atomic E-state index is 0.199. The van der Waals surface area contributed by atoms with Crippen molar-refractivity contribution >= 4 is 40.1 Å². The Balaban J connectivity index is 1.89. The molecule has 32 heavy (non-hydrogen) atoms. The summed E-state index contributed by atoms with van der Waals surface area (Å²) in [5.41, 5.74) is 2.55. The molecule has 0 N–H and O–H groups in total. The van der Waals surface area contributed by atoms with Gasteiger partial charge in [0, 0.05) is 10.6 Å². The molecule has 1 aromatic heterocycles. The normalized spacial score (nSPS) is 11.4. The molecule has 0 saturated carbocycles. The fraction of sp³-hybridized carbons (Fsp3) is 0.120. The van der Waals surface area contributed by atoms with Crippen molar-refractivity contribution < 1.29 is 23.4 Å². The molecular weight excluding hydrogens is 430 g/mol. The monoisotopic (exact) mass is 449 g/mol. The molecule has 4 aromatic rings. The fourth-order valence-electron chi connectivity index (χ4n) is 3.34. The highest BCUT2D eigenvalue weighted by molar-refractivity contribution is 6.32. The zero-order valence-corrected chi connectivity index (χ0v) is 18.5. The Bertz CT molecular complexity index is 1270. The lowest BCUT2D eigenvalue weighted by molar-refractivity contribution is 0.105. The molecule has 0 saturated heterocycles. The van der Waals surface area contributed by atoms with Crippen LogP contribution in [-0.4, -0.2) is 32.1 Å². The summed E-state index contributed by atoms with van der Waals surface area (Å²) < 4.78 is 22.1. The molecule has 0 radical (unpaired) electrons. The highest BCUT2D eigenvalue weighted by atomic mass is 35.5. The number of Topliss-reactive ketones (excluding diaryl/α,β-unsaturated/α-hetero) is 1. The van der Waals surface area contributed by atoms with E-state index in [1.165, 1.54) is 21.3 Å².